The largest absolute Gasteiger partial charge is 0.504 e. The van der Waals surface area contributed by atoms with E-state index in [1.54, 1.807) is 0 Å². The zero-order valence-corrected chi connectivity index (χ0v) is 14.9. The predicted molar refractivity (Wildman–Crippen MR) is 87.6 cm³/mol. The van der Waals surface area contributed by atoms with E-state index in [2.05, 4.69) is 29.5 Å². The maximum absolute atomic E-state index is 9.54. The van der Waals surface area contributed by atoms with E-state index in [0.717, 1.165) is 19.3 Å². The number of aliphatic hydroxyl groups excluding tert-OH is 2. The van der Waals surface area contributed by atoms with Gasteiger partial charge >= 0.3 is 5.95 Å². The molecule has 0 bridgehead atoms. The molecule has 0 heterocycles. The number of hydrogen-bond acceptors (Lipinski definition) is 3. The summed E-state index contributed by atoms with van der Waals surface area (Å²) in [7, 11) is 0. The molecule has 0 fully saturated rings. The van der Waals surface area contributed by atoms with E-state index in [-0.39, 0.29) is 9.68 Å². The van der Waals surface area contributed by atoms with E-state index in [0.29, 0.717) is 0 Å². The van der Waals surface area contributed by atoms with Crippen molar-refractivity contribution < 1.29 is 15.3 Å². The zero-order valence-electron chi connectivity index (χ0n) is 8.38. The van der Waals surface area contributed by atoms with E-state index < -0.39 is 7.37 Å². The van der Waals surface area contributed by atoms with Gasteiger partial charge in [-0.15, -0.1) is 0 Å². The van der Waals surface area contributed by atoms with Gasteiger partial charge in [0.25, 0.3) is 0 Å². The summed E-state index contributed by atoms with van der Waals surface area (Å²) in [5, 5.41) is 27.2. The Hall–Kier alpha value is 1.33. The molecule has 6 heteroatoms. The van der Waals surface area contributed by atoms with Crippen LogP contribution in [0, 0.1) is 0 Å². The third-order valence-electron chi connectivity index (χ3n) is 1.98. The first kappa shape index (κ1) is 16.3. The van der Waals surface area contributed by atoms with Crippen LogP contribution in [0.5, 0.6) is 0 Å². The summed E-state index contributed by atoms with van der Waals surface area (Å²) in [5.41, 5.74) is 0. The lowest BCUT2D eigenvalue weighted by molar-refractivity contribution is 0.155. The highest BCUT2D eigenvalue weighted by atomic mass is 127. The first-order chi connectivity index (χ1) is 6.84. The molecule has 0 aromatic heterocycles. The van der Waals surface area contributed by atoms with Crippen molar-refractivity contribution >= 4 is 67.8 Å². The number of allylic oxidation sites excluding steroid dienone is 1. The molecule has 0 aliphatic carbocycles. The Morgan fingerprint density at radius 1 is 1.20 bits per heavy atom. The zero-order chi connectivity index (χ0) is 12.1. The molecule has 15 heavy (non-hydrogen) atoms. The normalized spacial score (nSPS) is 13.6. The second kappa shape index (κ2) is 7.62. The molecule has 0 rings (SSSR count). The second-order valence-electron chi connectivity index (χ2n) is 3.26. The average Bonchev–Trinajstić information content (AvgIpc) is 2.16. The minimum Gasteiger partial charge on any atom is -0.504 e. The van der Waals surface area contributed by atoms with Crippen LogP contribution in [0.15, 0.2) is 11.7 Å². The van der Waals surface area contributed by atoms with Gasteiger partial charge in [-0.25, -0.2) is 0 Å². The highest BCUT2D eigenvalue weighted by Gasteiger charge is 2.38. The van der Waals surface area contributed by atoms with Crippen LogP contribution in [0.1, 0.15) is 32.6 Å². The second-order valence-corrected chi connectivity index (χ2v) is 10.2. The van der Waals surface area contributed by atoms with Gasteiger partial charge in [0, 0.05) is 3.92 Å². The van der Waals surface area contributed by atoms with Crippen molar-refractivity contribution in [3.05, 3.63) is 11.7 Å². The molecule has 3 nitrogen and oxygen atoms in total. The fourth-order valence-electron chi connectivity index (χ4n) is 1.05. The molecule has 0 aromatic carbocycles. The fraction of sp³-hybridized carbons (Fsp3) is 0.778. The Balaban J connectivity index is 4.39. The minimum absolute atomic E-state index is 0.164. The van der Waals surface area contributed by atoms with Crippen LogP contribution in [-0.2, 0) is 0 Å². The molecule has 0 amide bonds. The topological polar surface area (TPSA) is 60.7 Å². The highest BCUT2D eigenvalue weighted by molar-refractivity contribution is 14.2. The van der Waals surface area contributed by atoms with Gasteiger partial charge in [-0.05, 0) is 6.42 Å². The van der Waals surface area contributed by atoms with Crippen molar-refractivity contribution in [3.63, 3.8) is 0 Å². The molecule has 90 valence electrons. The van der Waals surface area contributed by atoms with Gasteiger partial charge in [-0.3, -0.25) is 0 Å². The van der Waals surface area contributed by atoms with Gasteiger partial charge in [0.15, 0.2) is 0 Å². The molecule has 0 radical (unpaired) electrons. The number of halogens is 3. The highest BCUT2D eigenvalue weighted by Crippen LogP contribution is 2.44. The number of rotatable bonds is 6. The molecule has 3 N–H and O–H groups in total. The average molecular weight is 552 g/mol. The standard InChI is InChI=1S/C9H15I3O3/c1-2-3-4-5-6(10)9(11,12)7(13)8(14)15/h6,13-15H,2-5H2,1H3. The monoisotopic (exact) mass is 552 g/mol. The Bertz CT molecular complexity index is 225. The van der Waals surface area contributed by atoms with Crippen molar-refractivity contribution in [2.24, 2.45) is 0 Å². The summed E-state index contributed by atoms with van der Waals surface area (Å²) in [6, 6.07) is 0. The first-order valence-electron chi connectivity index (χ1n) is 4.67. The SMILES string of the molecule is CCCCCC(I)C(I)(I)C(O)=C(O)O. The van der Waals surface area contributed by atoms with Crippen molar-refractivity contribution in [2.75, 3.05) is 0 Å². The van der Waals surface area contributed by atoms with Crippen LogP contribution < -0.4 is 0 Å². The lowest BCUT2D eigenvalue weighted by Gasteiger charge is -2.25. The van der Waals surface area contributed by atoms with Crippen molar-refractivity contribution in [2.45, 2.75) is 38.0 Å². The van der Waals surface area contributed by atoms with Crippen LogP contribution >= 0.6 is 67.8 Å². The van der Waals surface area contributed by atoms with Gasteiger partial charge in [0.05, 0.1) is 0 Å². The molecule has 0 aliphatic rings. The first-order valence-corrected chi connectivity index (χ1v) is 8.07. The summed E-state index contributed by atoms with van der Waals surface area (Å²) in [6.07, 6.45) is 4.37. The molecule has 0 spiro atoms. The van der Waals surface area contributed by atoms with Crippen molar-refractivity contribution in [3.8, 4) is 0 Å². The molecule has 0 saturated carbocycles. The molecule has 0 saturated heterocycles. The van der Waals surface area contributed by atoms with Crippen molar-refractivity contribution in [1.82, 2.24) is 0 Å². The van der Waals surface area contributed by atoms with Gasteiger partial charge in [0.2, 0.25) is 5.76 Å². The van der Waals surface area contributed by atoms with Crippen LogP contribution in [-0.4, -0.2) is 20.7 Å². The third kappa shape index (κ3) is 5.46. The summed E-state index contributed by atoms with van der Waals surface area (Å²) in [5.74, 6) is -1.32. The summed E-state index contributed by atoms with van der Waals surface area (Å²) < 4.78 is -0.486. The molecule has 0 aliphatic heterocycles. The maximum Gasteiger partial charge on any atom is 0.316 e. The van der Waals surface area contributed by atoms with E-state index in [9.17, 15) is 5.11 Å². The van der Waals surface area contributed by atoms with E-state index >= 15 is 0 Å². The van der Waals surface area contributed by atoms with Gasteiger partial charge in [-0.2, -0.15) is 0 Å². The number of hydrogen-bond donors (Lipinski definition) is 3. The van der Waals surface area contributed by atoms with Crippen LogP contribution in [0.4, 0.5) is 0 Å². The van der Waals surface area contributed by atoms with E-state index in [1.807, 2.05) is 45.2 Å². The Kier molecular flexibility index (Phi) is 8.29. The molecular formula is C9H15I3O3. The predicted octanol–water partition coefficient (Wildman–Crippen LogP) is 4.78. The lowest BCUT2D eigenvalue weighted by atomic mass is 10.1. The van der Waals surface area contributed by atoms with E-state index in [4.69, 9.17) is 10.2 Å². The van der Waals surface area contributed by atoms with Crippen LogP contribution in [0.3, 0.4) is 0 Å². The Labute approximate surface area is 131 Å². The summed E-state index contributed by atoms with van der Waals surface area (Å²) >= 11 is 6.33. The quantitative estimate of drug-likeness (QED) is 0.193. The Morgan fingerprint density at radius 2 is 1.73 bits per heavy atom. The number of unbranched alkanes of at least 4 members (excludes halogenated alkanes) is 2. The summed E-state index contributed by atoms with van der Waals surface area (Å²) in [4.78, 5) is 0. The van der Waals surface area contributed by atoms with Crippen LogP contribution in [0.2, 0.25) is 0 Å². The van der Waals surface area contributed by atoms with Crippen molar-refractivity contribution in [1.29, 1.82) is 0 Å². The molecule has 1 atom stereocenters. The van der Waals surface area contributed by atoms with Crippen LogP contribution in [0.25, 0.3) is 0 Å². The number of alkyl halides is 3. The molecule has 1 unspecified atom stereocenters. The third-order valence-corrected chi connectivity index (χ3v) is 8.45. The lowest BCUT2D eigenvalue weighted by Crippen LogP contribution is -2.28. The Morgan fingerprint density at radius 3 is 2.13 bits per heavy atom. The number of aliphatic hydroxyl groups is 3. The molecule has 0 aromatic rings. The fourth-order valence-corrected chi connectivity index (χ4v) is 2.89. The van der Waals surface area contributed by atoms with Gasteiger partial charge in [-0.1, -0.05) is 94.0 Å². The minimum atomic E-state index is -0.976. The van der Waals surface area contributed by atoms with Gasteiger partial charge in [0.1, 0.15) is 1.43 Å². The smallest absolute Gasteiger partial charge is 0.316 e. The summed E-state index contributed by atoms with van der Waals surface area (Å²) in [6.45, 7) is 2.14. The van der Waals surface area contributed by atoms with Gasteiger partial charge < -0.3 is 15.3 Å². The van der Waals surface area contributed by atoms with E-state index in [1.165, 1.54) is 6.42 Å². The molecular weight excluding hydrogens is 537 g/mol. The maximum atomic E-state index is 9.54.